The molecule has 0 bridgehead atoms. The Bertz CT molecular complexity index is 6520. The van der Waals surface area contributed by atoms with E-state index in [9.17, 15) is 111 Å². The molecule has 42 heteroatoms. The van der Waals surface area contributed by atoms with E-state index in [4.69, 9.17) is 49.5 Å². The third-order valence-corrected chi connectivity index (χ3v) is 29.3. The molecule has 0 amide bonds. The molecule has 0 aliphatic carbocycles. The van der Waals surface area contributed by atoms with Gasteiger partial charge in [-0.05, 0) is 157 Å². The fourth-order valence-electron chi connectivity index (χ4n) is 17.4. The highest BCUT2D eigenvalue weighted by Crippen LogP contribution is 2.47. The number of pyridine rings is 4. The number of aliphatic hydroxyl groups excluding tert-OH is 8. The lowest BCUT2D eigenvalue weighted by Crippen LogP contribution is -2.40. The summed E-state index contributed by atoms with van der Waals surface area (Å²) in [7, 11) is -14.7. The number of aliphatic carboxylic acids is 3. The van der Waals surface area contributed by atoms with Crippen molar-refractivity contribution < 1.29 is 141 Å². The Balaban J connectivity index is 0.000000217. The number of hydrogen-bond donors (Lipinski definition) is 11. The number of fused-ring (bicyclic) bond motifs is 4. The number of nitrogens with zero attached hydrogens (tertiary/aromatic N) is 8. The number of carboxylic acids is 3. The first kappa shape index (κ1) is 118. The van der Waals surface area contributed by atoms with Crippen molar-refractivity contribution >= 4 is 111 Å². The summed E-state index contributed by atoms with van der Waals surface area (Å²) >= 11 is 0. The Morgan fingerprint density at radius 2 is 0.712 bits per heavy atom. The summed E-state index contributed by atoms with van der Waals surface area (Å²) in [5.74, 6) is -4.94. The van der Waals surface area contributed by atoms with E-state index in [0.717, 1.165) is 24.3 Å². The predicted molar refractivity (Wildman–Crippen MR) is 549 cm³/mol. The number of carboxylic acid groups (broad SMARTS) is 3. The highest BCUT2D eigenvalue weighted by Gasteiger charge is 2.39. The van der Waals surface area contributed by atoms with Crippen molar-refractivity contribution in [2.75, 3.05) is 74.6 Å². The highest BCUT2D eigenvalue weighted by molar-refractivity contribution is 7.93. The number of ketones is 1. The number of Topliss-reactive ketones (excluding diaryl/α,β-unsaturated/α-hetero) is 1. The first-order chi connectivity index (χ1) is 68.4. The third kappa shape index (κ3) is 32.2. The third-order valence-electron chi connectivity index (χ3n) is 24.0. The molecule has 4 aliphatic heterocycles. The molecule has 11 N–H and O–H groups in total. The van der Waals surface area contributed by atoms with E-state index in [1.54, 1.807) is 93.6 Å². The Hall–Kier alpha value is -11.2. The lowest BCUT2D eigenvalue weighted by Gasteiger charge is -2.32. The molecule has 12 rings (SSSR count). The zero-order valence-electron chi connectivity index (χ0n) is 84.1. The van der Waals surface area contributed by atoms with Gasteiger partial charge in [-0.1, -0.05) is 153 Å². The minimum atomic E-state index is -3.72. The fourth-order valence-corrected chi connectivity index (χ4v) is 21.6. The molecule has 8 aromatic rings. The van der Waals surface area contributed by atoms with Crippen molar-refractivity contribution in [1.29, 1.82) is 0 Å². The molecule has 0 saturated carbocycles. The van der Waals surface area contributed by atoms with Crippen LogP contribution in [0.4, 0.5) is 40.8 Å². The number of rotatable bonds is 37. The summed E-state index contributed by atoms with van der Waals surface area (Å²) in [6.07, 6.45) is 5.37. The number of carbonyl (C=O) groups excluding carboxylic acids is 1. The zero-order valence-corrected chi connectivity index (χ0v) is 87.4. The summed E-state index contributed by atoms with van der Waals surface area (Å²) in [5.41, 5.74) is 12.1. The number of aliphatic hydroxyl groups is 8. The van der Waals surface area contributed by atoms with Crippen molar-refractivity contribution in [3.8, 4) is 44.5 Å². The van der Waals surface area contributed by atoms with Crippen LogP contribution in [0.2, 0.25) is 0 Å². The molecule has 0 unspecified atom stereocenters. The van der Waals surface area contributed by atoms with E-state index in [1.807, 2.05) is 55.4 Å². The molecule has 4 aromatic carbocycles. The van der Waals surface area contributed by atoms with Gasteiger partial charge in [0.05, 0.1) is 174 Å². The number of halogens is 4. The SMILES string of the molecule is CC(=O)C[C@H](O)C[C@H](O)/C=C/c1c(C(C)C)nc2c(c1-c1ccc(F)cc1)CO[C@@H](C)CN2S(C)(=O)=O.CC(C)c1nc2c(c(-c3ccc(F)cc3)c1/C=C/[C@@H](O)C[C@@H](O)CC(=O)O)COC[C@H](C)N2S(C)(=O)=O.CC(C)c1nc2c(c(-c3ccc(F)cc3)c1/C=C/[C@H](O)C[C@@H](O)CC(=O)O)CCCN2S(C)(=O)=O.CCS(=O)(=O)N1CCOCc2c1nc(C(C)C)c(/C=C/[C@@H](O)C[C@@H](O)CC(=O)O)c2-c1ccc(F)cc1. The van der Waals surface area contributed by atoms with Crippen molar-refractivity contribution in [1.82, 2.24) is 19.9 Å². The normalized spacial score (nSPS) is 17.0. The van der Waals surface area contributed by atoms with Gasteiger partial charge >= 0.3 is 17.9 Å². The van der Waals surface area contributed by atoms with E-state index in [0.29, 0.717) is 131 Å². The van der Waals surface area contributed by atoms with E-state index in [-0.39, 0.29) is 131 Å². The van der Waals surface area contributed by atoms with Crippen LogP contribution < -0.4 is 17.2 Å². The van der Waals surface area contributed by atoms with Crippen LogP contribution in [0.1, 0.15) is 232 Å². The van der Waals surface area contributed by atoms with Gasteiger partial charge in [-0.25, -0.2) is 75.5 Å². The van der Waals surface area contributed by atoms with Crippen LogP contribution in [0.15, 0.2) is 121 Å². The Morgan fingerprint density at radius 1 is 0.411 bits per heavy atom. The predicted octanol–water partition coefficient (Wildman–Crippen LogP) is 13.7. The standard InChI is InChI=1S/C27H35FN2O6S.2C26H33FN2O7S.C25H31FN2O6S/c1-16(2)26-23(11-10-21(32)13-22(33)12-17(3)31)25(19-6-8-20(28)9-7-19)24-15-36-18(4)14-30(27(24)29-26)37(5,34)35;1-15(2)25-21(10-9-19(30)11-20(31)12-23(32)33)24(17-5-7-18(27)8-6-17)22-14-36-13-16(3)29(26(22)28-25)37(4,34)35;1-4-37(34,35)29-11-12-36-15-22-24(17-5-7-18(27)8-6-17)21(25(16(2)3)28-26(22)29)10-9-19(30)13-20(31)14-23(32)33;1-15(2)24-20(11-10-18(29)13-19(30)14-22(31)32)23(16-6-8-17(26)9-7-16)21-5-4-12-28(25(21)27-24)35(3,33)34/h6-11,16,18,21-22,32-33H,12-15H2,1-5H3;5-10,15-16,19-20,30-31H,11-14H2,1-4H3,(H,32,33);5-10,16,19-20,30-31H,4,11-15H2,1-3H3,(H,32,33);6-11,15,18-19,29-30H,4-5,12-14H2,1-3H3,(H,31,32)/b11-10+;2*10-9+;11-10+/t18-,21+,22-;16-,19+,20+;19-,20-;18-,19+/m0010/s1. The number of carbonyl (C=O) groups is 4. The summed E-state index contributed by atoms with van der Waals surface area (Å²) in [4.78, 5) is 62.9. The maximum Gasteiger partial charge on any atom is 0.305 e. The minimum Gasteiger partial charge on any atom is -0.481 e. The van der Waals surface area contributed by atoms with Gasteiger partial charge in [0.15, 0.2) is 0 Å². The zero-order chi connectivity index (χ0) is 108. The summed E-state index contributed by atoms with van der Waals surface area (Å²) < 4.78 is 180. The molecular weight excluding hydrogens is 1980 g/mol. The molecule has 10 atom stereocenters. The second-order valence-electron chi connectivity index (χ2n) is 37.8. The Labute approximate surface area is 849 Å². The summed E-state index contributed by atoms with van der Waals surface area (Å²) in [5, 5.41) is 108. The molecule has 0 radical (unpaired) electrons. The maximum absolute atomic E-state index is 13.8. The first-order valence-corrected chi connectivity index (χ1v) is 54.9. The van der Waals surface area contributed by atoms with Gasteiger partial charge in [0, 0.05) is 83.2 Å². The summed E-state index contributed by atoms with van der Waals surface area (Å²) in [6, 6.07) is 22.8. The van der Waals surface area contributed by atoms with Crippen LogP contribution in [-0.4, -0.2) is 252 Å². The van der Waals surface area contributed by atoms with Crippen LogP contribution >= 0.6 is 0 Å². The van der Waals surface area contributed by atoms with Gasteiger partial charge in [-0.2, -0.15) is 0 Å². The second kappa shape index (κ2) is 52.1. The van der Waals surface area contributed by atoms with Crippen LogP contribution in [0.3, 0.4) is 0 Å². The monoisotopic (exact) mass is 2110 g/mol. The van der Waals surface area contributed by atoms with Gasteiger partial charge in [-0.3, -0.25) is 32.1 Å². The van der Waals surface area contributed by atoms with Crippen molar-refractivity contribution in [3.63, 3.8) is 0 Å². The van der Waals surface area contributed by atoms with E-state index in [1.165, 1.54) is 97.0 Å². The highest BCUT2D eigenvalue weighted by atomic mass is 32.2. The van der Waals surface area contributed by atoms with Gasteiger partial charge in [0.1, 0.15) is 52.3 Å². The van der Waals surface area contributed by atoms with Crippen molar-refractivity contribution in [3.05, 3.63) is 212 Å². The van der Waals surface area contributed by atoms with E-state index >= 15 is 0 Å². The average molecular weight is 2110 g/mol. The van der Waals surface area contributed by atoms with Crippen LogP contribution in [-0.2, 0) is 99.7 Å². The van der Waals surface area contributed by atoms with Crippen LogP contribution in [0.5, 0.6) is 0 Å². The van der Waals surface area contributed by atoms with Gasteiger partial charge in [-0.15, -0.1) is 0 Å². The number of anilines is 4. The molecule has 0 spiro atoms. The van der Waals surface area contributed by atoms with Crippen molar-refractivity contribution in [2.24, 2.45) is 0 Å². The lowest BCUT2D eigenvalue weighted by molar-refractivity contribution is -0.140. The molecule has 146 heavy (non-hydrogen) atoms. The number of benzene rings is 4. The number of hydrogen-bond acceptors (Lipinski definition) is 27. The van der Waals surface area contributed by atoms with Gasteiger partial charge < -0.3 is 70.4 Å². The number of ether oxygens (including phenoxy) is 3. The average Bonchev–Trinajstić information content (AvgIpc) is 1.49. The van der Waals surface area contributed by atoms with Crippen LogP contribution in [0.25, 0.3) is 68.8 Å². The molecule has 4 aromatic heterocycles. The molecule has 796 valence electrons. The Morgan fingerprint density at radius 3 is 1.03 bits per heavy atom. The number of aromatic nitrogens is 4. The Kier molecular flexibility index (Phi) is 42.2. The van der Waals surface area contributed by atoms with E-state index < -0.39 is 162 Å². The molecule has 0 fully saturated rings. The molecule has 8 heterocycles. The maximum atomic E-state index is 13.8. The van der Waals surface area contributed by atoms with Gasteiger partial charge in [0.25, 0.3) is 0 Å². The van der Waals surface area contributed by atoms with Crippen LogP contribution in [0, 0.1) is 23.3 Å². The van der Waals surface area contributed by atoms with Crippen molar-refractivity contribution in [2.45, 2.75) is 252 Å². The minimum absolute atomic E-state index is 0.0280. The molecule has 0 saturated heterocycles. The van der Waals surface area contributed by atoms with E-state index in [2.05, 4.69) is 0 Å². The largest absolute Gasteiger partial charge is 0.481 e. The number of sulfonamides is 4. The van der Waals surface area contributed by atoms with Gasteiger partial charge in [0.2, 0.25) is 40.1 Å². The molecule has 34 nitrogen and oxygen atoms in total. The first-order valence-electron chi connectivity index (χ1n) is 47.7. The fraction of sp³-hybridized carbons (Fsp3) is 0.462. The smallest absolute Gasteiger partial charge is 0.305 e. The second-order valence-corrected chi connectivity index (χ2v) is 45.6. The summed E-state index contributed by atoms with van der Waals surface area (Å²) in [6.45, 7) is 22.8. The quantitative estimate of drug-likeness (QED) is 0.0161. The topological polar surface area (TPSA) is 520 Å². The molecule has 4 aliphatic rings. The lowest BCUT2D eigenvalue weighted by atomic mass is 9.87. The molecular formula is C104H132F4N8O26S4.